The Morgan fingerprint density at radius 1 is 1.25 bits per heavy atom. The van der Waals surface area contributed by atoms with Crippen molar-refractivity contribution in [3.05, 3.63) is 58.6 Å². The highest BCUT2D eigenvalue weighted by atomic mass is 35.5. The van der Waals surface area contributed by atoms with Gasteiger partial charge in [0.2, 0.25) is 5.78 Å². The highest BCUT2D eigenvalue weighted by Gasteiger charge is 2.46. The Bertz CT molecular complexity index is 973. The normalized spacial score (nSPS) is 21.0. The van der Waals surface area contributed by atoms with Crippen LogP contribution >= 0.6 is 11.6 Å². The summed E-state index contributed by atoms with van der Waals surface area (Å²) in [5.41, 5.74) is 1.77. The van der Waals surface area contributed by atoms with Gasteiger partial charge in [0.25, 0.3) is 5.91 Å². The summed E-state index contributed by atoms with van der Waals surface area (Å²) in [6.07, 6.45) is -0.242. The van der Waals surface area contributed by atoms with Crippen molar-refractivity contribution in [1.29, 1.82) is 0 Å². The van der Waals surface area contributed by atoms with E-state index in [1.165, 1.54) is 6.07 Å². The molecular formula is C21H18ClNO5. The quantitative estimate of drug-likeness (QED) is 0.613. The Labute approximate surface area is 166 Å². The molecule has 0 unspecified atom stereocenters. The summed E-state index contributed by atoms with van der Waals surface area (Å²) in [4.78, 5) is 36.5. The van der Waals surface area contributed by atoms with E-state index < -0.39 is 6.10 Å². The summed E-state index contributed by atoms with van der Waals surface area (Å²) in [6, 6.07) is 12.2. The Morgan fingerprint density at radius 2 is 2.07 bits per heavy atom. The van der Waals surface area contributed by atoms with Gasteiger partial charge in [-0.1, -0.05) is 23.7 Å². The van der Waals surface area contributed by atoms with Crippen molar-refractivity contribution in [2.45, 2.75) is 25.4 Å². The average molecular weight is 400 g/mol. The van der Waals surface area contributed by atoms with Gasteiger partial charge in [-0.3, -0.25) is 14.4 Å². The number of ketones is 1. The molecule has 144 valence electrons. The molecule has 2 aliphatic rings. The number of rotatable bonds is 5. The van der Waals surface area contributed by atoms with E-state index in [9.17, 15) is 14.4 Å². The molecule has 0 aromatic heterocycles. The van der Waals surface area contributed by atoms with Gasteiger partial charge in [0, 0.05) is 10.6 Å². The van der Waals surface area contributed by atoms with Crippen molar-refractivity contribution in [1.82, 2.24) is 0 Å². The van der Waals surface area contributed by atoms with Crippen LogP contribution in [0.2, 0.25) is 5.02 Å². The fourth-order valence-corrected chi connectivity index (χ4v) is 3.55. The maximum atomic E-state index is 12.6. The molecule has 2 aromatic carbocycles. The van der Waals surface area contributed by atoms with Crippen LogP contribution in [0, 0.1) is 5.92 Å². The molecule has 28 heavy (non-hydrogen) atoms. The van der Waals surface area contributed by atoms with Gasteiger partial charge >= 0.3 is 5.97 Å². The van der Waals surface area contributed by atoms with Crippen LogP contribution in [0.4, 0.5) is 5.69 Å². The van der Waals surface area contributed by atoms with E-state index in [1.54, 1.807) is 25.1 Å². The van der Waals surface area contributed by atoms with Crippen molar-refractivity contribution < 1.29 is 23.9 Å². The molecular weight excluding hydrogens is 382 g/mol. The number of fused-ring (bicyclic) bond motifs is 1. The third-order valence-electron chi connectivity index (χ3n) is 4.93. The molecule has 0 bridgehead atoms. The molecule has 2 aromatic rings. The second-order valence-corrected chi connectivity index (χ2v) is 7.43. The highest BCUT2D eigenvalue weighted by molar-refractivity contribution is 6.30. The van der Waals surface area contributed by atoms with Crippen LogP contribution in [0.15, 0.2) is 42.5 Å². The standard InChI is InChI=1S/C21H18ClNO5/c1-11(20(25)13-5-6-18-17(8-13)23-19(24)10-27-18)28-21(26)16-9-15(16)12-3-2-4-14(22)7-12/h2-8,11,15-16H,9-10H2,1H3,(H,23,24)/t11-,15-,16-/m0/s1. The zero-order valence-electron chi connectivity index (χ0n) is 15.1. The first-order valence-electron chi connectivity index (χ1n) is 8.99. The molecule has 0 saturated heterocycles. The van der Waals surface area contributed by atoms with Crippen molar-refractivity contribution in [3.63, 3.8) is 0 Å². The molecule has 6 nitrogen and oxygen atoms in total. The fourth-order valence-electron chi connectivity index (χ4n) is 3.35. The van der Waals surface area contributed by atoms with Crippen LogP contribution in [0.5, 0.6) is 5.75 Å². The molecule has 7 heteroatoms. The topological polar surface area (TPSA) is 81.7 Å². The zero-order valence-corrected chi connectivity index (χ0v) is 15.9. The first-order chi connectivity index (χ1) is 13.4. The van der Waals surface area contributed by atoms with Crippen molar-refractivity contribution in [3.8, 4) is 5.75 Å². The van der Waals surface area contributed by atoms with E-state index in [4.69, 9.17) is 21.1 Å². The maximum absolute atomic E-state index is 12.6. The second kappa shape index (κ2) is 7.28. The number of hydrogen-bond donors (Lipinski definition) is 1. The third-order valence-corrected chi connectivity index (χ3v) is 5.16. The number of esters is 1. The lowest BCUT2D eigenvalue weighted by Crippen LogP contribution is -2.27. The SMILES string of the molecule is C[C@H](OC(=O)[C@H]1C[C@H]1c1cccc(Cl)c1)C(=O)c1ccc2c(c1)NC(=O)CO2. The van der Waals surface area contributed by atoms with Gasteiger partial charge in [-0.15, -0.1) is 0 Å². The molecule has 0 spiro atoms. The Hall–Kier alpha value is -2.86. The highest BCUT2D eigenvalue weighted by Crippen LogP contribution is 2.48. The smallest absolute Gasteiger partial charge is 0.310 e. The number of nitrogens with one attached hydrogen (secondary N) is 1. The van der Waals surface area contributed by atoms with E-state index in [-0.39, 0.29) is 36.1 Å². The van der Waals surface area contributed by atoms with E-state index in [1.807, 2.05) is 18.2 Å². The minimum absolute atomic E-state index is 0.0521. The van der Waals surface area contributed by atoms with Gasteiger partial charge in [0.15, 0.2) is 12.7 Å². The van der Waals surface area contributed by atoms with Gasteiger partial charge in [-0.2, -0.15) is 0 Å². The summed E-state index contributed by atoms with van der Waals surface area (Å²) in [5, 5.41) is 3.29. The van der Waals surface area contributed by atoms with Crippen LogP contribution in [0.1, 0.15) is 35.2 Å². The van der Waals surface area contributed by atoms with E-state index in [2.05, 4.69) is 5.32 Å². The lowest BCUT2D eigenvalue weighted by molar-refractivity contribution is -0.148. The number of anilines is 1. The van der Waals surface area contributed by atoms with Gasteiger partial charge < -0.3 is 14.8 Å². The summed E-state index contributed by atoms with van der Waals surface area (Å²) >= 11 is 6.00. The lowest BCUT2D eigenvalue weighted by atomic mass is 10.1. The van der Waals surface area contributed by atoms with Crippen LogP contribution in [-0.2, 0) is 14.3 Å². The number of amides is 1. The Morgan fingerprint density at radius 3 is 2.86 bits per heavy atom. The zero-order chi connectivity index (χ0) is 19.8. The number of ether oxygens (including phenoxy) is 2. The second-order valence-electron chi connectivity index (χ2n) is 6.99. The molecule has 0 radical (unpaired) electrons. The van der Waals surface area contributed by atoms with Crippen molar-refractivity contribution in [2.24, 2.45) is 5.92 Å². The number of Topliss-reactive ketones (excluding diaryl/α,β-unsaturated/α-hetero) is 1. The largest absolute Gasteiger partial charge is 0.482 e. The summed E-state index contributed by atoms with van der Waals surface area (Å²) < 4.78 is 10.7. The number of carbonyl (C=O) groups is 3. The van der Waals surface area contributed by atoms with Crippen LogP contribution < -0.4 is 10.1 Å². The third kappa shape index (κ3) is 3.73. The fraction of sp³-hybridized carbons (Fsp3) is 0.286. The van der Waals surface area contributed by atoms with Crippen LogP contribution in [-0.4, -0.2) is 30.4 Å². The van der Waals surface area contributed by atoms with Crippen LogP contribution in [0.25, 0.3) is 0 Å². The molecule has 1 N–H and O–H groups in total. The van der Waals surface area contributed by atoms with E-state index in [0.717, 1.165) is 5.56 Å². The molecule has 1 fully saturated rings. The molecule has 1 saturated carbocycles. The molecule has 1 heterocycles. The molecule has 1 amide bonds. The summed E-state index contributed by atoms with van der Waals surface area (Å²) in [5.74, 6) is -0.689. The average Bonchev–Trinajstić information content (AvgIpc) is 3.48. The van der Waals surface area contributed by atoms with Crippen LogP contribution in [0.3, 0.4) is 0 Å². The summed E-state index contributed by atoms with van der Waals surface area (Å²) in [7, 11) is 0. The molecule has 1 aliphatic carbocycles. The minimum atomic E-state index is -0.925. The maximum Gasteiger partial charge on any atom is 0.310 e. The minimum Gasteiger partial charge on any atom is -0.482 e. The molecule has 1 aliphatic heterocycles. The summed E-state index contributed by atoms with van der Waals surface area (Å²) in [6.45, 7) is 1.50. The predicted molar refractivity (Wildman–Crippen MR) is 103 cm³/mol. The van der Waals surface area contributed by atoms with E-state index >= 15 is 0 Å². The van der Waals surface area contributed by atoms with Gasteiger partial charge in [-0.25, -0.2) is 0 Å². The molecule has 3 atom stereocenters. The predicted octanol–water partition coefficient (Wildman–Crippen LogP) is 3.59. The number of carbonyl (C=O) groups excluding carboxylic acids is 3. The molecule has 4 rings (SSSR count). The first kappa shape index (κ1) is 18.5. The van der Waals surface area contributed by atoms with Gasteiger partial charge in [0.05, 0.1) is 11.6 Å². The monoisotopic (exact) mass is 399 g/mol. The van der Waals surface area contributed by atoms with Crippen molar-refractivity contribution in [2.75, 3.05) is 11.9 Å². The first-order valence-corrected chi connectivity index (χ1v) is 9.37. The van der Waals surface area contributed by atoms with Gasteiger partial charge in [-0.05, 0) is 55.2 Å². The van der Waals surface area contributed by atoms with Gasteiger partial charge in [0.1, 0.15) is 5.75 Å². The van der Waals surface area contributed by atoms with E-state index in [0.29, 0.717) is 28.4 Å². The number of halogens is 1. The lowest BCUT2D eigenvalue weighted by Gasteiger charge is -2.19. The number of hydrogen-bond acceptors (Lipinski definition) is 5. The Kier molecular flexibility index (Phi) is 4.81. The number of benzene rings is 2. The Balaban J connectivity index is 1.39. The van der Waals surface area contributed by atoms with Crippen molar-refractivity contribution >= 4 is 34.9 Å².